The fourth-order valence-corrected chi connectivity index (χ4v) is 7.83. The van der Waals surface area contributed by atoms with Crippen molar-refractivity contribution in [3.63, 3.8) is 0 Å². The van der Waals surface area contributed by atoms with Crippen LogP contribution in [0.1, 0.15) is 60.0 Å². The van der Waals surface area contributed by atoms with Gasteiger partial charge in [0.2, 0.25) is 0 Å². The minimum Gasteiger partial charge on any atom is -0.465 e. The van der Waals surface area contributed by atoms with E-state index in [0.29, 0.717) is 43.0 Å². The summed E-state index contributed by atoms with van der Waals surface area (Å²) in [5.41, 5.74) is 3.84. The van der Waals surface area contributed by atoms with Gasteiger partial charge in [0.1, 0.15) is 12.4 Å². The van der Waals surface area contributed by atoms with Crippen molar-refractivity contribution >= 4 is 17.6 Å². The van der Waals surface area contributed by atoms with Crippen molar-refractivity contribution in [1.29, 1.82) is 0 Å². The lowest BCUT2D eigenvalue weighted by atomic mass is 9.48. The van der Waals surface area contributed by atoms with Gasteiger partial charge in [0.15, 0.2) is 0 Å². The van der Waals surface area contributed by atoms with Crippen molar-refractivity contribution in [3.05, 3.63) is 71.5 Å². The number of anilines is 1. The lowest BCUT2D eigenvalue weighted by molar-refractivity contribution is -0.112. The average Bonchev–Trinajstić information content (AvgIpc) is 2.94. The minimum absolute atomic E-state index is 0.318. The van der Waals surface area contributed by atoms with Crippen LogP contribution in [-0.2, 0) is 19.7 Å². The normalized spacial score (nSPS) is 27.6. The zero-order valence-electron chi connectivity index (χ0n) is 23.4. The number of nitrogens with zero attached hydrogens (tertiary/aromatic N) is 1. The first-order valence-corrected chi connectivity index (χ1v) is 14.8. The first-order chi connectivity index (χ1) is 19.5. The first kappa shape index (κ1) is 27.0. The van der Waals surface area contributed by atoms with Crippen molar-refractivity contribution in [2.24, 2.45) is 17.8 Å². The van der Waals surface area contributed by atoms with Gasteiger partial charge in [0.25, 0.3) is 5.91 Å². The molecular formula is C33H40N2O5. The van der Waals surface area contributed by atoms with Gasteiger partial charge in [-0.15, -0.1) is 0 Å². The van der Waals surface area contributed by atoms with Crippen LogP contribution >= 0.6 is 0 Å². The molecule has 212 valence electrons. The predicted molar refractivity (Wildman–Crippen MR) is 153 cm³/mol. The molecule has 2 aromatic rings. The topological polar surface area (TPSA) is 77.1 Å². The summed E-state index contributed by atoms with van der Waals surface area (Å²) in [6.07, 6.45) is 11.1. The second kappa shape index (κ2) is 11.8. The average molecular weight is 545 g/mol. The van der Waals surface area contributed by atoms with E-state index in [4.69, 9.17) is 14.2 Å². The number of ether oxygens (including phenoxy) is 3. The standard InChI is InChI=1S/C33H40N2O5/c1-23-15-28(33-20-24-16-25(21-33)18-26(17-24)22-33)5-6-30(23)39-11-7-31(36)34-29-4-2-3-27(19-29)32(37)40-14-10-35-8-12-38-13-9-35/h2-7,11,15,19,24-26H,8-10,12-14,16-18,20-22H2,1H3,(H,34,36). The van der Waals surface area contributed by atoms with Crippen LogP contribution in [0.25, 0.3) is 0 Å². The van der Waals surface area contributed by atoms with Crippen molar-refractivity contribution in [2.45, 2.75) is 50.9 Å². The van der Waals surface area contributed by atoms with Crippen LogP contribution in [0.4, 0.5) is 5.69 Å². The summed E-state index contributed by atoms with van der Waals surface area (Å²) in [5, 5.41) is 2.79. The number of amides is 1. The van der Waals surface area contributed by atoms with E-state index in [9.17, 15) is 9.59 Å². The highest BCUT2D eigenvalue weighted by atomic mass is 16.5. The monoisotopic (exact) mass is 544 g/mol. The van der Waals surface area contributed by atoms with Gasteiger partial charge in [0.05, 0.1) is 25.0 Å². The van der Waals surface area contributed by atoms with Gasteiger partial charge >= 0.3 is 5.97 Å². The van der Waals surface area contributed by atoms with Gasteiger partial charge in [-0.05, 0) is 104 Å². The number of carbonyl (C=O) groups excluding carboxylic acids is 2. The Bertz CT molecular complexity index is 1230. The third kappa shape index (κ3) is 6.11. The number of rotatable bonds is 9. The lowest BCUT2D eigenvalue weighted by Gasteiger charge is -2.57. The number of aryl methyl sites for hydroxylation is 1. The molecule has 0 atom stereocenters. The Hall–Kier alpha value is -3.16. The fraction of sp³-hybridized carbons (Fsp3) is 0.515. The molecule has 0 spiro atoms. The molecule has 1 heterocycles. The predicted octanol–water partition coefficient (Wildman–Crippen LogP) is 5.48. The molecular weight excluding hydrogens is 504 g/mol. The molecule has 5 aliphatic rings. The van der Waals surface area contributed by atoms with Gasteiger partial charge in [-0.2, -0.15) is 0 Å². The zero-order valence-corrected chi connectivity index (χ0v) is 23.4. The largest absolute Gasteiger partial charge is 0.465 e. The maximum absolute atomic E-state index is 12.5. The van der Waals surface area contributed by atoms with Crippen LogP contribution in [0.5, 0.6) is 5.75 Å². The van der Waals surface area contributed by atoms with E-state index >= 15 is 0 Å². The van der Waals surface area contributed by atoms with Gasteiger partial charge in [-0.1, -0.05) is 18.2 Å². The summed E-state index contributed by atoms with van der Waals surface area (Å²) in [7, 11) is 0. The molecule has 5 fully saturated rings. The molecule has 7 nitrogen and oxygen atoms in total. The SMILES string of the molecule is Cc1cc(C23CC4CC(CC(C4)C2)C3)ccc1OC=CC(=O)Nc1cccc(C(=O)OCCN2CCOCC2)c1. The Labute approximate surface area is 236 Å². The highest BCUT2D eigenvalue weighted by Gasteiger charge is 2.51. The Morgan fingerprint density at radius 2 is 1.75 bits per heavy atom. The van der Waals surface area contributed by atoms with Gasteiger partial charge < -0.3 is 19.5 Å². The summed E-state index contributed by atoms with van der Waals surface area (Å²) < 4.78 is 16.6. The maximum Gasteiger partial charge on any atom is 0.338 e. The maximum atomic E-state index is 12.5. The Kier molecular flexibility index (Phi) is 7.94. The van der Waals surface area contributed by atoms with Crippen molar-refractivity contribution < 1.29 is 23.8 Å². The quantitative estimate of drug-likeness (QED) is 0.256. The van der Waals surface area contributed by atoms with Crippen LogP contribution in [0.15, 0.2) is 54.8 Å². The second-order valence-electron chi connectivity index (χ2n) is 12.3. The lowest BCUT2D eigenvalue weighted by Crippen LogP contribution is -2.48. The summed E-state index contributed by atoms with van der Waals surface area (Å²) in [4.78, 5) is 27.2. The minimum atomic E-state index is -0.407. The molecule has 0 radical (unpaired) electrons. The highest BCUT2D eigenvalue weighted by Crippen LogP contribution is 2.60. The molecule has 2 aromatic carbocycles. The molecule has 1 amide bonds. The van der Waals surface area contributed by atoms with Crippen molar-refractivity contribution in [1.82, 2.24) is 4.90 Å². The van der Waals surface area contributed by atoms with E-state index in [0.717, 1.165) is 42.2 Å². The van der Waals surface area contributed by atoms with Crippen LogP contribution in [-0.4, -0.2) is 56.2 Å². The molecule has 7 rings (SSSR count). The Morgan fingerprint density at radius 3 is 2.45 bits per heavy atom. The number of nitrogens with one attached hydrogen (secondary N) is 1. The number of esters is 1. The number of benzene rings is 2. The molecule has 1 aliphatic heterocycles. The molecule has 0 unspecified atom stereocenters. The van der Waals surface area contributed by atoms with E-state index in [1.165, 1.54) is 56.4 Å². The number of hydrogen-bond donors (Lipinski definition) is 1. The number of hydrogen-bond acceptors (Lipinski definition) is 6. The van der Waals surface area contributed by atoms with Gasteiger partial charge in [0, 0.05) is 31.4 Å². The van der Waals surface area contributed by atoms with E-state index in [2.05, 4.69) is 35.3 Å². The van der Waals surface area contributed by atoms with E-state index in [1.54, 1.807) is 24.3 Å². The molecule has 4 aliphatic carbocycles. The Morgan fingerprint density at radius 1 is 1.02 bits per heavy atom. The summed E-state index contributed by atoms with van der Waals surface area (Å²) in [6, 6.07) is 13.4. The smallest absolute Gasteiger partial charge is 0.338 e. The molecule has 4 saturated carbocycles. The third-order valence-corrected chi connectivity index (χ3v) is 9.35. The molecule has 4 bridgehead atoms. The van der Waals surface area contributed by atoms with Crippen LogP contribution in [0.3, 0.4) is 0 Å². The molecule has 1 saturated heterocycles. The van der Waals surface area contributed by atoms with E-state index in [-0.39, 0.29) is 5.91 Å². The van der Waals surface area contributed by atoms with E-state index < -0.39 is 5.97 Å². The van der Waals surface area contributed by atoms with E-state index in [1.807, 2.05) is 0 Å². The second-order valence-corrected chi connectivity index (χ2v) is 12.3. The highest BCUT2D eigenvalue weighted by molar-refractivity contribution is 6.00. The summed E-state index contributed by atoms with van der Waals surface area (Å²) in [6.45, 7) is 6.20. The van der Waals surface area contributed by atoms with Gasteiger partial charge in [-0.25, -0.2) is 4.79 Å². The molecule has 1 N–H and O–H groups in total. The fourth-order valence-electron chi connectivity index (χ4n) is 7.83. The number of carbonyl (C=O) groups is 2. The molecule has 0 aromatic heterocycles. The van der Waals surface area contributed by atoms with Crippen molar-refractivity contribution in [2.75, 3.05) is 44.8 Å². The zero-order chi connectivity index (χ0) is 27.5. The van der Waals surface area contributed by atoms with Gasteiger partial charge in [-0.3, -0.25) is 9.69 Å². The third-order valence-electron chi connectivity index (χ3n) is 9.35. The van der Waals surface area contributed by atoms with Crippen LogP contribution in [0, 0.1) is 24.7 Å². The number of morpholine rings is 1. The summed E-state index contributed by atoms with van der Waals surface area (Å²) in [5.74, 6) is 2.76. The molecule has 40 heavy (non-hydrogen) atoms. The van der Waals surface area contributed by atoms with Crippen LogP contribution in [0.2, 0.25) is 0 Å². The first-order valence-electron chi connectivity index (χ1n) is 14.8. The Balaban J connectivity index is 0.998. The summed E-state index contributed by atoms with van der Waals surface area (Å²) >= 11 is 0. The molecule has 7 heteroatoms. The van der Waals surface area contributed by atoms with Crippen molar-refractivity contribution in [3.8, 4) is 5.75 Å². The van der Waals surface area contributed by atoms with Crippen LogP contribution < -0.4 is 10.1 Å².